The van der Waals surface area contributed by atoms with Gasteiger partial charge in [0.1, 0.15) is 12.1 Å². The largest absolute Gasteiger partial charge is 0.383 e. The molecule has 2 saturated heterocycles. The van der Waals surface area contributed by atoms with Crippen LogP contribution in [0.2, 0.25) is 0 Å². The van der Waals surface area contributed by atoms with Crippen molar-refractivity contribution in [2.45, 2.75) is 18.9 Å². The van der Waals surface area contributed by atoms with Crippen molar-refractivity contribution in [1.82, 2.24) is 15.1 Å². The minimum Gasteiger partial charge on any atom is -0.383 e. The number of nitrogens with zero attached hydrogens (tertiary/aromatic N) is 2. The first-order valence-corrected chi connectivity index (χ1v) is 7.55. The summed E-state index contributed by atoms with van der Waals surface area (Å²) in [4.78, 5) is 37.8. The lowest BCUT2D eigenvalue weighted by Crippen LogP contribution is -2.43. The molecule has 7 heteroatoms. The van der Waals surface area contributed by atoms with Gasteiger partial charge in [-0.05, 0) is 24.5 Å². The number of benzene rings is 1. The quantitative estimate of drug-likeness (QED) is 0.766. The summed E-state index contributed by atoms with van der Waals surface area (Å²) in [5.74, 6) is -0.739. The third-order valence-electron chi connectivity index (χ3n) is 4.48. The average molecular weight is 317 g/mol. The van der Waals surface area contributed by atoms with Gasteiger partial charge in [-0.2, -0.15) is 0 Å². The van der Waals surface area contributed by atoms with Crippen LogP contribution in [0.15, 0.2) is 24.3 Å². The molecule has 1 aromatic carbocycles. The topological polar surface area (TPSA) is 89.9 Å². The lowest BCUT2D eigenvalue weighted by molar-refractivity contribution is -0.136. The summed E-state index contributed by atoms with van der Waals surface area (Å²) in [5, 5.41) is 13.3. The second kappa shape index (κ2) is 5.66. The van der Waals surface area contributed by atoms with Crippen LogP contribution in [0.3, 0.4) is 0 Å². The third kappa shape index (κ3) is 2.79. The number of β-amino-alcohol motifs (C(OH)–C–C–N with tert-alkyl or cyclic N) is 1. The Bertz CT molecular complexity index is 659. The number of carbonyl (C=O) groups is 3. The Balaban J connectivity index is 1.70. The Hall–Kier alpha value is -2.41. The predicted molar refractivity (Wildman–Crippen MR) is 81.4 cm³/mol. The Morgan fingerprint density at radius 1 is 1.35 bits per heavy atom. The second-order valence-corrected chi connectivity index (χ2v) is 6.05. The third-order valence-corrected chi connectivity index (χ3v) is 4.48. The molecule has 7 nitrogen and oxygen atoms in total. The van der Waals surface area contributed by atoms with E-state index >= 15 is 0 Å². The van der Waals surface area contributed by atoms with E-state index in [1.807, 2.05) is 31.2 Å². The summed E-state index contributed by atoms with van der Waals surface area (Å²) in [5.41, 5.74) is 0.696. The number of hydrogen-bond acceptors (Lipinski definition) is 4. The summed E-state index contributed by atoms with van der Waals surface area (Å²) < 4.78 is 0. The van der Waals surface area contributed by atoms with Crippen LogP contribution < -0.4 is 5.32 Å². The summed E-state index contributed by atoms with van der Waals surface area (Å²) in [7, 11) is 0. The van der Waals surface area contributed by atoms with Crippen molar-refractivity contribution in [2.24, 2.45) is 0 Å². The molecule has 0 unspecified atom stereocenters. The fraction of sp³-hybridized carbons (Fsp3) is 0.438. The summed E-state index contributed by atoms with van der Waals surface area (Å²) in [6, 6.07) is 7.00. The maximum absolute atomic E-state index is 12.3. The molecular weight excluding hydrogens is 298 g/mol. The van der Waals surface area contributed by atoms with Crippen LogP contribution in [0, 0.1) is 6.92 Å². The molecule has 0 saturated carbocycles. The van der Waals surface area contributed by atoms with E-state index in [0.29, 0.717) is 13.0 Å². The van der Waals surface area contributed by atoms with E-state index in [1.165, 1.54) is 4.90 Å². The van der Waals surface area contributed by atoms with Crippen LogP contribution in [-0.4, -0.2) is 58.9 Å². The molecule has 1 atom stereocenters. The maximum atomic E-state index is 12.3. The fourth-order valence-electron chi connectivity index (χ4n) is 3.17. The first-order chi connectivity index (χ1) is 10.9. The van der Waals surface area contributed by atoms with Crippen LogP contribution in [0.1, 0.15) is 17.5 Å². The van der Waals surface area contributed by atoms with Gasteiger partial charge in [0.15, 0.2) is 0 Å². The smallest absolute Gasteiger partial charge is 0.325 e. The maximum Gasteiger partial charge on any atom is 0.325 e. The van der Waals surface area contributed by atoms with Gasteiger partial charge in [-0.15, -0.1) is 0 Å². The number of aryl methyl sites for hydroxylation is 1. The first-order valence-electron chi connectivity index (χ1n) is 7.55. The number of rotatable bonds is 3. The zero-order chi connectivity index (χ0) is 16.6. The molecule has 0 aromatic heterocycles. The van der Waals surface area contributed by atoms with Crippen molar-refractivity contribution >= 4 is 17.8 Å². The van der Waals surface area contributed by atoms with Gasteiger partial charge in [0, 0.05) is 6.54 Å². The van der Waals surface area contributed by atoms with Gasteiger partial charge in [0.2, 0.25) is 5.91 Å². The number of nitrogens with one attached hydrogen (secondary N) is 1. The van der Waals surface area contributed by atoms with Gasteiger partial charge < -0.3 is 15.3 Å². The van der Waals surface area contributed by atoms with Crippen molar-refractivity contribution in [1.29, 1.82) is 0 Å². The van der Waals surface area contributed by atoms with Gasteiger partial charge in [-0.1, -0.05) is 24.3 Å². The second-order valence-electron chi connectivity index (χ2n) is 6.05. The molecule has 2 fully saturated rings. The average Bonchev–Trinajstić information content (AvgIpc) is 3.06. The van der Waals surface area contributed by atoms with Crippen molar-refractivity contribution in [2.75, 3.05) is 26.2 Å². The Labute approximate surface area is 133 Å². The van der Waals surface area contributed by atoms with Crippen LogP contribution in [0.4, 0.5) is 4.79 Å². The molecule has 4 amide bonds. The molecule has 3 rings (SSSR count). The number of urea groups is 1. The predicted octanol–water partition coefficient (Wildman–Crippen LogP) is -0.0333. The normalized spacial score (nSPS) is 24.3. The molecule has 2 N–H and O–H groups in total. The molecule has 2 aliphatic rings. The number of amides is 4. The number of carbonyl (C=O) groups excluding carboxylic acids is 3. The highest BCUT2D eigenvalue weighted by Gasteiger charge is 2.41. The molecule has 0 spiro atoms. The van der Waals surface area contributed by atoms with E-state index in [9.17, 15) is 19.5 Å². The molecule has 0 aliphatic carbocycles. The summed E-state index contributed by atoms with van der Waals surface area (Å²) in [6.45, 7) is 2.13. The van der Waals surface area contributed by atoms with E-state index in [4.69, 9.17) is 0 Å². The zero-order valence-electron chi connectivity index (χ0n) is 12.9. The van der Waals surface area contributed by atoms with Crippen LogP contribution >= 0.6 is 0 Å². The molecular formula is C16H19N3O4. The van der Waals surface area contributed by atoms with E-state index in [2.05, 4.69) is 5.32 Å². The molecule has 2 heterocycles. The standard InChI is InChI=1S/C16H19N3O4/c1-11-4-2-3-5-12(11)16(23)6-7-18(10-16)14(21)9-19-13(20)8-17-15(19)22/h2-5,23H,6-10H2,1H3,(H,17,22)/t16-/m0/s1. The highest BCUT2D eigenvalue weighted by atomic mass is 16.3. The minimum absolute atomic E-state index is 0.0702. The van der Waals surface area contributed by atoms with Crippen molar-refractivity contribution in [3.05, 3.63) is 35.4 Å². The van der Waals surface area contributed by atoms with Gasteiger partial charge in [0.05, 0.1) is 13.1 Å². The number of hydrogen-bond donors (Lipinski definition) is 2. The zero-order valence-corrected chi connectivity index (χ0v) is 12.9. The van der Waals surface area contributed by atoms with Gasteiger partial charge in [0.25, 0.3) is 5.91 Å². The molecule has 0 bridgehead atoms. The Kier molecular flexibility index (Phi) is 3.81. The Morgan fingerprint density at radius 2 is 2.09 bits per heavy atom. The summed E-state index contributed by atoms with van der Waals surface area (Å²) >= 11 is 0. The molecule has 2 aliphatic heterocycles. The number of imide groups is 1. The van der Waals surface area contributed by atoms with E-state index in [0.717, 1.165) is 16.0 Å². The van der Waals surface area contributed by atoms with Crippen LogP contribution in [-0.2, 0) is 15.2 Å². The molecule has 1 aromatic rings. The molecule has 23 heavy (non-hydrogen) atoms. The van der Waals surface area contributed by atoms with Crippen molar-refractivity contribution in [3.63, 3.8) is 0 Å². The van der Waals surface area contributed by atoms with Gasteiger partial charge >= 0.3 is 6.03 Å². The highest BCUT2D eigenvalue weighted by molar-refractivity contribution is 6.04. The van der Waals surface area contributed by atoms with E-state index < -0.39 is 17.5 Å². The lowest BCUT2D eigenvalue weighted by atomic mass is 9.89. The molecule has 0 radical (unpaired) electrons. The van der Waals surface area contributed by atoms with Crippen LogP contribution in [0.25, 0.3) is 0 Å². The number of aliphatic hydroxyl groups is 1. The van der Waals surface area contributed by atoms with Crippen molar-refractivity contribution in [3.8, 4) is 0 Å². The molecule has 122 valence electrons. The highest BCUT2D eigenvalue weighted by Crippen LogP contribution is 2.33. The fourth-order valence-corrected chi connectivity index (χ4v) is 3.17. The van der Waals surface area contributed by atoms with Crippen LogP contribution in [0.5, 0.6) is 0 Å². The lowest BCUT2D eigenvalue weighted by Gasteiger charge is -2.26. The van der Waals surface area contributed by atoms with E-state index in [-0.39, 0.29) is 25.5 Å². The summed E-state index contributed by atoms with van der Waals surface area (Å²) in [6.07, 6.45) is 0.434. The monoisotopic (exact) mass is 317 g/mol. The van der Waals surface area contributed by atoms with Crippen molar-refractivity contribution < 1.29 is 19.5 Å². The first kappa shape index (κ1) is 15.5. The SMILES string of the molecule is Cc1ccccc1[C@]1(O)CCN(C(=O)CN2C(=O)CNC2=O)C1. The van der Waals surface area contributed by atoms with Gasteiger partial charge in [-0.3, -0.25) is 14.5 Å². The van der Waals surface area contributed by atoms with Gasteiger partial charge in [-0.25, -0.2) is 4.79 Å². The Morgan fingerprint density at radius 3 is 2.74 bits per heavy atom. The minimum atomic E-state index is -1.09. The number of likely N-dealkylation sites (tertiary alicyclic amines) is 1. The van der Waals surface area contributed by atoms with E-state index in [1.54, 1.807) is 0 Å².